The lowest BCUT2D eigenvalue weighted by atomic mass is 10.1. The van der Waals surface area contributed by atoms with Gasteiger partial charge in [-0.05, 0) is 44.8 Å². The minimum atomic E-state index is 0.347. The van der Waals surface area contributed by atoms with Crippen molar-refractivity contribution in [3.63, 3.8) is 0 Å². The zero-order chi connectivity index (χ0) is 20.7. The molecular weight excluding hydrogens is 414 g/mol. The first kappa shape index (κ1) is 27.6. The Bertz CT molecular complexity index is 395. The van der Waals surface area contributed by atoms with Crippen LogP contribution in [0.25, 0.3) is 0 Å². The van der Waals surface area contributed by atoms with Gasteiger partial charge >= 0.3 is 0 Å². The van der Waals surface area contributed by atoms with Crippen LogP contribution in [0.3, 0.4) is 0 Å². The SMILES string of the molecule is CN(CCCCCCCCO)Cc1ccccc1.OCCCCCCCCBr. The van der Waals surface area contributed by atoms with Gasteiger partial charge in [0.05, 0.1) is 0 Å². The summed E-state index contributed by atoms with van der Waals surface area (Å²) >= 11 is 3.39. The van der Waals surface area contributed by atoms with Crippen LogP contribution < -0.4 is 0 Å². The summed E-state index contributed by atoms with van der Waals surface area (Å²) in [5.41, 5.74) is 1.39. The third-order valence-corrected chi connectivity index (χ3v) is 5.35. The molecule has 1 rings (SSSR count). The van der Waals surface area contributed by atoms with Crippen molar-refractivity contribution in [2.24, 2.45) is 0 Å². The smallest absolute Gasteiger partial charge is 0.0431 e. The second kappa shape index (κ2) is 22.9. The molecule has 0 radical (unpaired) electrons. The molecule has 0 unspecified atom stereocenters. The van der Waals surface area contributed by atoms with E-state index in [4.69, 9.17) is 10.2 Å². The minimum absolute atomic E-state index is 0.347. The number of aliphatic hydroxyl groups excluding tert-OH is 2. The van der Waals surface area contributed by atoms with Gasteiger partial charge in [0, 0.05) is 25.1 Å². The van der Waals surface area contributed by atoms with Crippen LogP contribution in [0.2, 0.25) is 0 Å². The number of halogens is 1. The molecule has 0 aliphatic carbocycles. The van der Waals surface area contributed by atoms with Crippen LogP contribution in [0.5, 0.6) is 0 Å². The van der Waals surface area contributed by atoms with Crippen LogP contribution in [-0.2, 0) is 6.54 Å². The molecule has 0 saturated heterocycles. The molecule has 28 heavy (non-hydrogen) atoms. The quantitative estimate of drug-likeness (QED) is 0.217. The number of hydrogen-bond acceptors (Lipinski definition) is 3. The van der Waals surface area contributed by atoms with Crippen LogP contribution in [0, 0.1) is 0 Å². The van der Waals surface area contributed by atoms with Gasteiger partial charge in [-0.1, -0.05) is 97.6 Å². The van der Waals surface area contributed by atoms with Gasteiger partial charge < -0.3 is 15.1 Å². The van der Waals surface area contributed by atoms with E-state index >= 15 is 0 Å². The number of alkyl halides is 1. The van der Waals surface area contributed by atoms with E-state index in [1.165, 1.54) is 76.3 Å². The Morgan fingerprint density at radius 2 is 1.14 bits per heavy atom. The van der Waals surface area contributed by atoms with Crippen molar-refractivity contribution in [1.82, 2.24) is 4.90 Å². The molecule has 3 nitrogen and oxygen atoms in total. The molecule has 0 aromatic heterocycles. The standard InChI is InChI=1S/C16H27NO.C8H17BrO/c1-17(15-16-11-7-6-8-12-16)13-9-4-2-3-5-10-14-18;9-7-5-3-1-2-4-6-8-10/h6-8,11-12,18H,2-5,9-10,13-15H2,1H3;10H,1-8H2. The Kier molecular flexibility index (Phi) is 22.5. The molecule has 0 saturated carbocycles. The second-order valence-corrected chi connectivity index (χ2v) is 8.40. The maximum Gasteiger partial charge on any atom is 0.0431 e. The van der Waals surface area contributed by atoms with E-state index in [0.717, 1.165) is 24.7 Å². The maximum atomic E-state index is 8.68. The molecule has 0 amide bonds. The Morgan fingerprint density at radius 3 is 1.64 bits per heavy atom. The molecule has 1 aromatic carbocycles. The van der Waals surface area contributed by atoms with Crippen molar-refractivity contribution >= 4 is 15.9 Å². The Labute approximate surface area is 182 Å². The monoisotopic (exact) mass is 457 g/mol. The summed E-state index contributed by atoms with van der Waals surface area (Å²) in [6, 6.07) is 10.6. The fraction of sp³-hybridized carbons (Fsp3) is 0.750. The fourth-order valence-corrected chi connectivity index (χ4v) is 3.48. The predicted molar refractivity (Wildman–Crippen MR) is 126 cm³/mol. The van der Waals surface area contributed by atoms with Crippen molar-refractivity contribution in [2.45, 2.75) is 83.6 Å². The predicted octanol–water partition coefficient (Wildman–Crippen LogP) is 6.17. The molecule has 0 spiro atoms. The summed E-state index contributed by atoms with van der Waals surface area (Å²) in [4.78, 5) is 2.39. The molecule has 0 fully saturated rings. The van der Waals surface area contributed by atoms with E-state index in [1.54, 1.807) is 0 Å². The first-order valence-electron chi connectivity index (χ1n) is 11.2. The largest absolute Gasteiger partial charge is 0.396 e. The second-order valence-electron chi connectivity index (χ2n) is 7.60. The van der Waals surface area contributed by atoms with Crippen LogP contribution in [0.1, 0.15) is 82.6 Å². The lowest BCUT2D eigenvalue weighted by Gasteiger charge is -2.16. The molecule has 0 atom stereocenters. The van der Waals surface area contributed by atoms with Crippen molar-refractivity contribution in [1.29, 1.82) is 0 Å². The van der Waals surface area contributed by atoms with Gasteiger partial charge in [0.25, 0.3) is 0 Å². The van der Waals surface area contributed by atoms with Crippen molar-refractivity contribution < 1.29 is 10.2 Å². The molecule has 164 valence electrons. The number of benzene rings is 1. The highest BCUT2D eigenvalue weighted by atomic mass is 79.9. The molecule has 0 bridgehead atoms. The van der Waals surface area contributed by atoms with Gasteiger partial charge in [-0.25, -0.2) is 0 Å². The number of rotatable bonds is 17. The van der Waals surface area contributed by atoms with Crippen LogP contribution in [0.4, 0.5) is 0 Å². The average molecular weight is 459 g/mol. The Hall–Kier alpha value is -0.420. The summed E-state index contributed by atoms with van der Waals surface area (Å²) in [5, 5.41) is 18.3. The first-order chi connectivity index (χ1) is 13.7. The van der Waals surface area contributed by atoms with Gasteiger partial charge in [-0.15, -0.1) is 0 Å². The van der Waals surface area contributed by atoms with E-state index in [2.05, 4.69) is 58.2 Å². The number of aliphatic hydroxyl groups is 2. The Morgan fingerprint density at radius 1 is 0.679 bits per heavy atom. The number of nitrogens with zero attached hydrogens (tertiary/aromatic N) is 1. The fourth-order valence-electron chi connectivity index (χ4n) is 3.09. The zero-order valence-corrected chi connectivity index (χ0v) is 19.7. The lowest BCUT2D eigenvalue weighted by Crippen LogP contribution is -2.18. The van der Waals surface area contributed by atoms with Gasteiger partial charge in [0.2, 0.25) is 0 Å². The molecule has 4 heteroatoms. The third-order valence-electron chi connectivity index (χ3n) is 4.79. The molecule has 0 heterocycles. The molecule has 2 N–H and O–H groups in total. The summed E-state index contributed by atoms with van der Waals surface area (Å²) in [5.74, 6) is 0. The first-order valence-corrected chi connectivity index (χ1v) is 12.4. The van der Waals surface area contributed by atoms with Gasteiger partial charge in [-0.3, -0.25) is 0 Å². The molecule has 1 aromatic rings. The van der Waals surface area contributed by atoms with Gasteiger partial charge in [0.1, 0.15) is 0 Å². The van der Waals surface area contributed by atoms with Crippen LogP contribution >= 0.6 is 15.9 Å². The van der Waals surface area contributed by atoms with Crippen molar-refractivity contribution in [3.8, 4) is 0 Å². The van der Waals surface area contributed by atoms with E-state index in [0.29, 0.717) is 13.2 Å². The van der Waals surface area contributed by atoms with E-state index in [1.807, 2.05) is 0 Å². The zero-order valence-electron chi connectivity index (χ0n) is 18.1. The highest BCUT2D eigenvalue weighted by Crippen LogP contribution is 2.08. The minimum Gasteiger partial charge on any atom is -0.396 e. The number of unbranched alkanes of at least 4 members (excludes halogenated alkanes) is 10. The topological polar surface area (TPSA) is 43.7 Å². The van der Waals surface area contributed by atoms with Crippen molar-refractivity contribution in [3.05, 3.63) is 35.9 Å². The van der Waals surface area contributed by atoms with E-state index in [-0.39, 0.29) is 0 Å². The normalized spacial score (nSPS) is 10.8. The molecule has 0 aliphatic rings. The van der Waals surface area contributed by atoms with Crippen LogP contribution in [-0.4, -0.2) is 47.2 Å². The highest BCUT2D eigenvalue weighted by molar-refractivity contribution is 9.09. The van der Waals surface area contributed by atoms with Gasteiger partial charge in [-0.2, -0.15) is 0 Å². The number of hydrogen-bond donors (Lipinski definition) is 2. The summed E-state index contributed by atoms with van der Waals surface area (Å²) in [7, 11) is 2.19. The molecular formula is C24H44BrNO2. The average Bonchev–Trinajstić information content (AvgIpc) is 2.71. The summed E-state index contributed by atoms with van der Waals surface area (Å²) in [6.07, 6.45) is 14.7. The highest BCUT2D eigenvalue weighted by Gasteiger charge is 1.99. The third kappa shape index (κ3) is 20.3. The Balaban J connectivity index is 0.000000621. The maximum absolute atomic E-state index is 8.68. The molecule has 0 aliphatic heterocycles. The summed E-state index contributed by atoms with van der Waals surface area (Å²) in [6.45, 7) is 2.93. The lowest BCUT2D eigenvalue weighted by molar-refractivity contribution is 0.281. The van der Waals surface area contributed by atoms with E-state index < -0.39 is 0 Å². The summed E-state index contributed by atoms with van der Waals surface area (Å²) < 4.78 is 0. The van der Waals surface area contributed by atoms with Crippen LogP contribution in [0.15, 0.2) is 30.3 Å². The van der Waals surface area contributed by atoms with E-state index in [9.17, 15) is 0 Å². The van der Waals surface area contributed by atoms with Crippen molar-refractivity contribution in [2.75, 3.05) is 32.1 Å². The van der Waals surface area contributed by atoms with Gasteiger partial charge in [0.15, 0.2) is 0 Å².